The van der Waals surface area contributed by atoms with E-state index in [4.69, 9.17) is 10.8 Å². The van der Waals surface area contributed by atoms with E-state index in [1.807, 2.05) is 0 Å². The van der Waals surface area contributed by atoms with Crippen molar-refractivity contribution in [3.63, 3.8) is 0 Å². The van der Waals surface area contributed by atoms with Gasteiger partial charge in [0.05, 0.1) is 0 Å². The van der Waals surface area contributed by atoms with Gasteiger partial charge >= 0.3 is 0 Å². The minimum atomic E-state index is 0.557. The van der Waals surface area contributed by atoms with Gasteiger partial charge in [0.25, 0.3) is 0 Å². The van der Waals surface area contributed by atoms with Crippen molar-refractivity contribution in [2.24, 2.45) is 5.84 Å². The van der Waals surface area contributed by atoms with Crippen molar-refractivity contribution in [2.45, 2.75) is 44.9 Å². The normalized spacial score (nSPS) is 20.0. The van der Waals surface area contributed by atoms with Crippen LogP contribution in [0.1, 0.15) is 49.4 Å². The Labute approximate surface area is 108 Å². The Morgan fingerprint density at radius 1 is 1.17 bits per heavy atom. The first kappa shape index (κ1) is 11.7. The van der Waals surface area contributed by atoms with Gasteiger partial charge in [-0.3, -0.25) is 0 Å². The van der Waals surface area contributed by atoms with Gasteiger partial charge in [0.1, 0.15) is 17.5 Å². The molecule has 3 rings (SSSR count). The highest BCUT2D eigenvalue weighted by atomic mass is 15.3. The predicted octanol–water partition coefficient (Wildman–Crippen LogP) is 1.94. The van der Waals surface area contributed by atoms with Crippen molar-refractivity contribution in [2.75, 3.05) is 23.4 Å². The molecule has 0 radical (unpaired) electrons. The number of aromatic nitrogens is 2. The number of hydrogen-bond donors (Lipinski definition) is 2. The highest BCUT2D eigenvalue weighted by Crippen LogP contribution is 2.40. The fourth-order valence-electron chi connectivity index (χ4n) is 2.60. The van der Waals surface area contributed by atoms with Crippen LogP contribution in [-0.2, 0) is 0 Å². The van der Waals surface area contributed by atoms with E-state index >= 15 is 0 Å². The third-order valence-electron chi connectivity index (χ3n) is 3.87. The second-order valence-electron chi connectivity index (χ2n) is 5.35. The minimum absolute atomic E-state index is 0.557. The molecule has 3 N–H and O–H groups in total. The van der Waals surface area contributed by atoms with Gasteiger partial charge in [0.2, 0.25) is 0 Å². The van der Waals surface area contributed by atoms with E-state index in [1.54, 1.807) is 0 Å². The molecule has 5 heteroatoms. The molecule has 1 saturated carbocycles. The summed E-state index contributed by atoms with van der Waals surface area (Å²) >= 11 is 0. The zero-order valence-corrected chi connectivity index (χ0v) is 10.9. The molecule has 0 amide bonds. The summed E-state index contributed by atoms with van der Waals surface area (Å²) in [5.74, 6) is 8.97. The first-order chi connectivity index (χ1) is 8.79. The molecular formula is C13H21N5. The number of nitrogens with two attached hydrogens (primary N) is 1. The molecule has 0 aromatic carbocycles. The van der Waals surface area contributed by atoms with E-state index in [2.05, 4.69) is 22.2 Å². The Hall–Kier alpha value is -1.36. The van der Waals surface area contributed by atoms with Crippen LogP contribution >= 0.6 is 0 Å². The molecule has 0 bridgehead atoms. The number of nitrogen functional groups attached to an aromatic ring is 1. The standard InChI is InChI=1S/C13H21N5/c1-9-11(17-14)15-12(10-5-6-10)16-13(9)18-7-3-2-4-8-18/h10H,2-8,14H2,1H3,(H,15,16,17). The lowest BCUT2D eigenvalue weighted by Gasteiger charge is -2.29. The summed E-state index contributed by atoms with van der Waals surface area (Å²) < 4.78 is 0. The van der Waals surface area contributed by atoms with Crippen LogP contribution in [0.15, 0.2) is 0 Å². The number of nitrogens with zero attached hydrogens (tertiary/aromatic N) is 3. The van der Waals surface area contributed by atoms with E-state index in [9.17, 15) is 0 Å². The summed E-state index contributed by atoms with van der Waals surface area (Å²) in [6.45, 7) is 4.26. The topological polar surface area (TPSA) is 67.1 Å². The fourth-order valence-corrected chi connectivity index (χ4v) is 2.60. The average Bonchev–Trinajstić information content (AvgIpc) is 3.24. The van der Waals surface area contributed by atoms with Crippen LogP contribution in [0.3, 0.4) is 0 Å². The fraction of sp³-hybridized carbons (Fsp3) is 0.692. The minimum Gasteiger partial charge on any atom is -0.356 e. The lowest BCUT2D eigenvalue weighted by atomic mass is 10.1. The van der Waals surface area contributed by atoms with Crippen LogP contribution in [0.5, 0.6) is 0 Å². The average molecular weight is 247 g/mol. The Morgan fingerprint density at radius 3 is 2.50 bits per heavy atom. The van der Waals surface area contributed by atoms with Crippen LogP contribution in [0, 0.1) is 6.92 Å². The van der Waals surface area contributed by atoms with Gasteiger partial charge < -0.3 is 10.3 Å². The van der Waals surface area contributed by atoms with Gasteiger partial charge in [-0.25, -0.2) is 15.8 Å². The Kier molecular flexibility index (Phi) is 3.07. The molecule has 2 fully saturated rings. The number of nitrogens with one attached hydrogen (secondary N) is 1. The number of anilines is 2. The largest absolute Gasteiger partial charge is 0.356 e. The first-order valence-electron chi connectivity index (χ1n) is 6.89. The van der Waals surface area contributed by atoms with E-state index in [0.29, 0.717) is 5.92 Å². The van der Waals surface area contributed by atoms with Crippen molar-refractivity contribution < 1.29 is 0 Å². The Morgan fingerprint density at radius 2 is 1.89 bits per heavy atom. The summed E-state index contributed by atoms with van der Waals surface area (Å²) in [5, 5.41) is 0. The SMILES string of the molecule is Cc1c(NN)nc(C2CC2)nc1N1CCCCC1. The molecule has 5 nitrogen and oxygen atoms in total. The summed E-state index contributed by atoms with van der Waals surface area (Å²) in [7, 11) is 0. The maximum Gasteiger partial charge on any atom is 0.148 e. The molecular weight excluding hydrogens is 226 g/mol. The second kappa shape index (κ2) is 4.72. The smallest absolute Gasteiger partial charge is 0.148 e. The van der Waals surface area contributed by atoms with E-state index < -0.39 is 0 Å². The molecule has 2 aliphatic rings. The highest BCUT2D eigenvalue weighted by molar-refractivity contribution is 5.58. The first-order valence-corrected chi connectivity index (χ1v) is 6.89. The van der Waals surface area contributed by atoms with Crippen LogP contribution in [0.25, 0.3) is 0 Å². The summed E-state index contributed by atoms with van der Waals surface area (Å²) in [6.07, 6.45) is 6.28. The third-order valence-corrected chi connectivity index (χ3v) is 3.87. The molecule has 18 heavy (non-hydrogen) atoms. The van der Waals surface area contributed by atoms with Crippen molar-refractivity contribution in [1.29, 1.82) is 0 Å². The molecule has 1 aliphatic carbocycles. The monoisotopic (exact) mass is 247 g/mol. The number of piperidine rings is 1. The van der Waals surface area contributed by atoms with E-state index in [-0.39, 0.29) is 0 Å². The Bertz CT molecular complexity index is 435. The lowest BCUT2D eigenvalue weighted by Crippen LogP contribution is -2.31. The Balaban J connectivity index is 1.97. The molecule has 2 heterocycles. The summed E-state index contributed by atoms with van der Waals surface area (Å²) in [4.78, 5) is 11.7. The summed E-state index contributed by atoms with van der Waals surface area (Å²) in [5.41, 5.74) is 3.79. The van der Waals surface area contributed by atoms with Crippen LogP contribution < -0.4 is 16.2 Å². The number of hydrazine groups is 1. The lowest BCUT2D eigenvalue weighted by molar-refractivity contribution is 0.571. The van der Waals surface area contributed by atoms with Crippen molar-refractivity contribution >= 4 is 11.6 Å². The zero-order chi connectivity index (χ0) is 12.5. The second-order valence-corrected chi connectivity index (χ2v) is 5.35. The molecule has 1 aliphatic heterocycles. The van der Waals surface area contributed by atoms with Crippen molar-refractivity contribution in [3.05, 3.63) is 11.4 Å². The van der Waals surface area contributed by atoms with Gasteiger partial charge in [0.15, 0.2) is 0 Å². The van der Waals surface area contributed by atoms with Crippen molar-refractivity contribution in [3.8, 4) is 0 Å². The summed E-state index contributed by atoms with van der Waals surface area (Å²) in [6, 6.07) is 0. The number of rotatable bonds is 3. The van der Waals surface area contributed by atoms with E-state index in [1.165, 1.54) is 32.1 Å². The highest BCUT2D eigenvalue weighted by Gasteiger charge is 2.29. The van der Waals surface area contributed by atoms with Crippen molar-refractivity contribution in [1.82, 2.24) is 9.97 Å². The molecule has 1 aromatic heterocycles. The van der Waals surface area contributed by atoms with Gasteiger partial charge in [0, 0.05) is 24.6 Å². The maximum atomic E-state index is 5.58. The molecule has 0 unspecified atom stereocenters. The van der Waals surface area contributed by atoms with Crippen LogP contribution in [-0.4, -0.2) is 23.1 Å². The molecule has 1 aromatic rings. The van der Waals surface area contributed by atoms with Gasteiger partial charge in [-0.05, 0) is 39.0 Å². The number of hydrogen-bond acceptors (Lipinski definition) is 5. The van der Waals surface area contributed by atoms with Crippen LogP contribution in [0.4, 0.5) is 11.6 Å². The predicted molar refractivity (Wildman–Crippen MR) is 72.6 cm³/mol. The van der Waals surface area contributed by atoms with Gasteiger partial charge in [-0.2, -0.15) is 0 Å². The van der Waals surface area contributed by atoms with E-state index in [0.717, 1.165) is 36.1 Å². The molecule has 98 valence electrons. The molecule has 0 spiro atoms. The zero-order valence-electron chi connectivity index (χ0n) is 10.9. The van der Waals surface area contributed by atoms with Crippen LogP contribution in [0.2, 0.25) is 0 Å². The molecule has 1 saturated heterocycles. The maximum absolute atomic E-state index is 5.58. The van der Waals surface area contributed by atoms with Gasteiger partial charge in [-0.1, -0.05) is 0 Å². The third kappa shape index (κ3) is 2.14. The van der Waals surface area contributed by atoms with Gasteiger partial charge in [-0.15, -0.1) is 0 Å². The quantitative estimate of drug-likeness (QED) is 0.631. The molecule has 0 atom stereocenters.